The first kappa shape index (κ1) is 14.5. The second kappa shape index (κ2) is 6.99. The third kappa shape index (κ3) is 3.98. The molecule has 0 aliphatic carbocycles. The predicted molar refractivity (Wildman–Crippen MR) is 72.2 cm³/mol. The fourth-order valence-corrected chi connectivity index (χ4v) is 2.12. The first-order valence-corrected chi connectivity index (χ1v) is 6.53. The molecular formula is C12H15BrClNO2. The van der Waals surface area contributed by atoms with Crippen LogP contribution in [0.5, 0.6) is 0 Å². The van der Waals surface area contributed by atoms with Gasteiger partial charge in [-0.15, -0.1) is 0 Å². The lowest BCUT2D eigenvalue weighted by Crippen LogP contribution is -2.30. The van der Waals surface area contributed by atoms with Gasteiger partial charge in [0.1, 0.15) is 6.04 Å². The summed E-state index contributed by atoms with van der Waals surface area (Å²) in [6, 6.07) is 4.86. The third-order valence-electron chi connectivity index (χ3n) is 2.30. The fourth-order valence-electron chi connectivity index (χ4n) is 1.46. The molecule has 1 rings (SSSR count). The highest BCUT2D eigenvalue weighted by Crippen LogP contribution is 2.27. The molecule has 94 valence electrons. The van der Waals surface area contributed by atoms with E-state index in [-0.39, 0.29) is 5.97 Å². The maximum atomic E-state index is 11.7. The highest BCUT2D eigenvalue weighted by Gasteiger charge is 2.22. The van der Waals surface area contributed by atoms with E-state index in [1.165, 1.54) is 7.11 Å². The Morgan fingerprint density at radius 2 is 2.29 bits per heavy atom. The van der Waals surface area contributed by atoms with Crippen LogP contribution in [0.2, 0.25) is 5.02 Å². The quantitative estimate of drug-likeness (QED) is 0.846. The summed E-state index contributed by atoms with van der Waals surface area (Å²) in [5, 5.41) is 3.73. The Morgan fingerprint density at radius 1 is 1.59 bits per heavy atom. The Balaban J connectivity index is 3.02. The number of esters is 1. The highest BCUT2D eigenvalue weighted by molar-refractivity contribution is 9.10. The maximum absolute atomic E-state index is 11.7. The Kier molecular flexibility index (Phi) is 5.95. The van der Waals surface area contributed by atoms with Crippen molar-refractivity contribution in [2.45, 2.75) is 19.4 Å². The largest absolute Gasteiger partial charge is 0.468 e. The summed E-state index contributed by atoms with van der Waals surface area (Å²) >= 11 is 9.36. The Morgan fingerprint density at radius 3 is 2.88 bits per heavy atom. The lowest BCUT2D eigenvalue weighted by Gasteiger charge is -2.18. The van der Waals surface area contributed by atoms with Gasteiger partial charge in [-0.05, 0) is 36.7 Å². The van der Waals surface area contributed by atoms with Crippen molar-refractivity contribution < 1.29 is 9.53 Å². The summed E-state index contributed by atoms with van der Waals surface area (Å²) in [7, 11) is 1.38. The van der Waals surface area contributed by atoms with Crippen LogP contribution < -0.4 is 5.32 Å². The van der Waals surface area contributed by atoms with Crippen LogP contribution in [0.3, 0.4) is 0 Å². The van der Waals surface area contributed by atoms with E-state index in [0.29, 0.717) is 5.02 Å². The second-order valence-corrected chi connectivity index (χ2v) is 4.87. The molecule has 0 aromatic heterocycles. The number of benzene rings is 1. The molecule has 0 saturated heterocycles. The minimum Gasteiger partial charge on any atom is -0.468 e. The first-order valence-electron chi connectivity index (χ1n) is 5.36. The average Bonchev–Trinajstić information content (AvgIpc) is 2.33. The van der Waals surface area contributed by atoms with Gasteiger partial charge < -0.3 is 10.1 Å². The standard InChI is InChI=1S/C12H15BrClNO2/c1-3-6-15-11(12(16)17-2)9-7-8(14)4-5-10(9)13/h4-5,7,11,15H,3,6H2,1-2H3. The molecule has 0 amide bonds. The van der Waals surface area contributed by atoms with Crippen molar-refractivity contribution in [3.05, 3.63) is 33.3 Å². The van der Waals surface area contributed by atoms with Crippen molar-refractivity contribution in [1.29, 1.82) is 0 Å². The molecule has 17 heavy (non-hydrogen) atoms. The van der Waals surface area contributed by atoms with E-state index in [1.54, 1.807) is 12.1 Å². The summed E-state index contributed by atoms with van der Waals surface area (Å²) in [6.45, 7) is 2.77. The summed E-state index contributed by atoms with van der Waals surface area (Å²) < 4.78 is 5.63. The smallest absolute Gasteiger partial charge is 0.327 e. The molecule has 0 radical (unpaired) electrons. The number of carbonyl (C=O) groups is 1. The first-order chi connectivity index (χ1) is 8.10. The normalized spacial score (nSPS) is 12.2. The molecule has 1 atom stereocenters. The van der Waals surface area contributed by atoms with Crippen LogP contribution in [0.15, 0.2) is 22.7 Å². The van der Waals surface area contributed by atoms with Crippen LogP contribution in [0.25, 0.3) is 0 Å². The maximum Gasteiger partial charge on any atom is 0.327 e. The van der Waals surface area contributed by atoms with Crippen LogP contribution >= 0.6 is 27.5 Å². The van der Waals surface area contributed by atoms with Gasteiger partial charge in [0.15, 0.2) is 0 Å². The SMILES string of the molecule is CCCNC(C(=O)OC)c1cc(Cl)ccc1Br. The van der Waals surface area contributed by atoms with Crippen molar-refractivity contribution in [2.24, 2.45) is 0 Å². The number of hydrogen-bond donors (Lipinski definition) is 1. The van der Waals surface area contributed by atoms with Crippen LogP contribution in [0.1, 0.15) is 24.9 Å². The van der Waals surface area contributed by atoms with Gasteiger partial charge in [0, 0.05) is 9.50 Å². The molecular weight excluding hydrogens is 305 g/mol. The number of methoxy groups -OCH3 is 1. The molecule has 1 aromatic carbocycles. The zero-order valence-electron chi connectivity index (χ0n) is 9.80. The van der Waals surface area contributed by atoms with Crippen molar-refractivity contribution >= 4 is 33.5 Å². The summed E-state index contributed by atoms with van der Waals surface area (Å²) in [4.78, 5) is 11.7. The number of ether oxygens (including phenoxy) is 1. The lowest BCUT2D eigenvalue weighted by molar-refractivity contribution is -0.143. The van der Waals surface area contributed by atoms with Gasteiger partial charge in [-0.25, -0.2) is 4.79 Å². The van der Waals surface area contributed by atoms with Gasteiger partial charge >= 0.3 is 5.97 Å². The van der Waals surface area contributed by atoms with E-state index in [1.807, 2.05) is 13.0 Å². The van der Waals surface area contributed by atoms with Gasteiger partial charge in [-0.3, -0.25) is 0 Å². The lowest BCUT2D eigenvalue weighted by atomic mass is 10.1. The molecule has 0 heterocycles. The zero-order chi connectivity index (χ0) is 12.8. The number of nitrogens with one attached hydrogen (secondary N) is 1. The Labute approximate surface area is 115 Å². The van der Waals surface area contributed by atoms with Crippen LogP contribution in [-0.4, -0.2) is 19.6 Å². The van der Waals surface area contributed by atoms with Crippen molar-refractivity contribution in [1.82, 2.24) is 5.32 Å². The van der Waals surface area contributed by atoms with E-state index in [4.69, 9.17) is 16.3 Å². The van der Waals surface area contributed by atoms with Gasteiger partial charge in [-0.2, -0.15) is 0 Å². The minimum absolute atomic E-state index is 0.318. The Bertz CT molecular complexity index is 398. The van der Waals surface area contributed by atoms with E-state index in [9.17, 15) is 4.79 Å². The number of hydrogen-bond acceptors (Lipinski definition) is 3. The second-order valence-electron chi connectivity index (χ2n) is 3.58. The van der Waals surface area contributed by atoms with E-state index in [0.717, 1.165) is 23.0 Å². The fraction of sp³-hybridized carbons (Fsp3) is 0.417. The van der Waals surface area contributed by atoms with Crippen molar-refractivity contribution in [2.75, 3.05) is 13.7 Å². The summed E-state index contributed by atoms with van der Waals surface area (Å²) in [6.07, 6.45) is 0.936. The van der Waals surface area contributed by atoms with Crippen molar-refractivity contribution in [3.8, 4) is 0 Å². The topological polar surface area (TPSA) is 38.3 Å². The molecule has 1 aromatic rings. The van der Waals surface area contributed by atoms with E-state index >= 15 is 0 Å². The van der Waals surface area contributed by atoms with Gasteiger partial charge in [0.25, 0.3) is 0 Å². The molecule has 0 fully saturated rings. The van der Waals surface area contributed by atoms with Gasteiger partial charge in [0.2, 0.25) is 0 Å². The molecule has 5 heteroatoms. The van der Waals surface area contributed by atoms with Crippen LogP contribution in [0.4, 0.5) is 0 Å². The summed E-state index contributed by atoms with van der Waals surface area (Å²) in [5.74, 6) is -0.318. The predicted octanol–water partition coefficient (Wildman–Crippen LogP) is 3.32. The third-order valence-corrected chi connectivity index (χ3v) is 3.26. The molecule has 0 aliphatic heterocycles. The van der Waals surface area contributed by atoms with Gasteiger partial charge in [-0.1, -0.05) is 34.5 Å². The molecule has 0 aliphatic rings. The highest BCUT2D eigenvalue weighted by atomic mass is 79.9. The molecule has 0 bridgehead atoms. The number of halogens is 2. The monoisotopic (exact) mass is 319 g/mol. The molecule has 1 unspecified atom stereocenters. The number of rotatable bonds is 5. The molecule has 1 N–H and O–H groups in total. The van der Waals surface area contributed by atoms with Crippen molar-refractivity contribution in [3.63, 3.8) is 0 Å². The van der Waals surface area contributed by atoms with Crippen LogP contribution in [-0.2, 0) is 9.53 Å². The summed E-state index contributed by atoms with van der Waals surface area (Å²) in [5.41, 5.74) is 0.790. The minimum atomic E-state index is -0.493. The van der Waals surface area contributed by atoms with E-state index in [2.05, 4.69) is 21.2 Å². The Hall–Kier alpha value is -0.580. The average molecular weight is 321 g/mol. The molecule has 3 nitrogen and oxygen atoms in total. The molecule has 0 saturated carbocycles. The zero-order valence-corrected chi connectivity index (χ0v) is 12.1. The molecule has 0 spiro atoms. The van der Waals surface area contributed by atoms with Gasteiger partial charge in [0.05, 0.1) is 7.11 Å². The van der Waals surface area contributed by atoms with E-state index < -0.39 is 6.04 Å². The number of carbonyl (C=O) groups excluding carboxylic acids is 1. The van der Waals surface area contributed by atoms with Crippen LogP contribution in [0, 0.1) is 0 Å².